The Morgan fingerprint density at radius 2 is 1.23 bits per heavy atom. The highest BCUT2D eigenvalue weighted by atomic mass is 16.2. The van der Waals surface area contributed by atoms with Crippen LogP contribution in [0.5, 0.6) is 0 Å². The van der Waals surface area contributed by atoms with Crippen LogP contribution in [-0.2, 0) is 0 Å². The number of nitrogens with zero attached hydrogens (tertiary/aromatic N) is 4. The number of allylic oxidation sites excluding steroid dienone is 3. The highest BCUT2D eigenvalue weighted by Gasteiger charge is 2.36. The monoisotopic (exact) mass is 506 g/mol. The Labute approximate surface area is 226 Å². The molecule has 0 spiro atoms. The van der Waals surface area contributed by atoms with Crippen molar-refractivity contribution in [3.8, 4) is 0 Å². The molecule has 7 heteroatoms. The Morgan fingerprint density at radius 1 is 0.692 bits per heavy atom. The number of para-hydroxylation sites is 3. The van der Waals surface area contributed by atoms with Gasteiger partial charge in [0.15, 0.2) is 23.2 Å². The minimum atomic E-state index is -0.253. The maximum Gasteiger partial charge on any atom is 0.227 e. The van der Waals surface area contributed by atoms with Crippen molar-refractivity contribution in [1.82, 2.24) is 9.97 Å². The molecule has 0 amide bonds. The molecule has 5 aromatic rings. The molecule has 1 aliphatic heterocycles. The van der Waals surface area contributed by atoms with Gasteiger partial charge in [0.1, 0.15) is 5.82 Å². The Hall–Kier alpha value is -5.04. The van der Waals surface area contributed by atoms with Gasteiger partial charge >= 0.3 is 0 Å². The number of carbonyl (C=O) groups is 2. The lowest BCUT2D eigenvalue weighted by atomic mass is 10.0. The molecule has 0 fully saturated rings. The summed E-state index contributed by atoms with van der Waals surface area (Å²) in [7, 11) is 1.93. The zero-order chi connectivity index (χ0) is 26.8. The molecular formula is C32H23BN4O2. The third kappa shape index (κ3) is 3.43. The van der Waals surface area contributed by atoms with Crippen molar-refractivity contribution in [2.75, 3.05) is 9.71 Å². The molecule has 0 unspecified atom stereocenters. The number of aryl methyl sites for hydroxylation is 2. The van der Waals surface area contributed by atoms with E-state index in [1.807, 2.05) is 85.6 Å². The van der Waals surface area contributed by atoms with Crippen molar-refractivity contribution in [2.45, 2.75) is 13.8 Å². The number of Topliss-reactive ketones (excluding diaryl/α,β-unsaturated/α-hetero) is 2. The number of ketones is 2. The largest absolute Gasteiger partial charge is 0.362 e. The van der Waals surface area contributed by atoms with Crippen molar-refractivity contribution in [3.63, 3.8) is 0 Å². The molecule has 2 aliphatic rings. The van der Waals surface area contributed by atoms with Gasteiger partial charge < -0.3 is 4.81 Å². The zero-order valence-electron chi connectivity index (χ0n) is 21.8. The fraction of sp³-hybridized carbons (Fsp3) is 0.0625. The van der Waals surface area contributed by atoms with Crippen molar-refractivity contribution < 1.29 is 9.59 Å². The molecule has 0 saturated heterocycles. The normalized spacial score (nSPS) is 15.5. The maximum absolute atomic E-state index is 13.4. The van der Waals surface area contributed by atoms with E-state index >= 15 is 0 Å². The van der Waals surface area contributed by atoms with Gasteiger partial charge in [0.2, 0.25) is 7.98 Å². The summed E-state index contributed by atoms with van der Waals surface area (Å²) in [4.78, 5) is 40.8. The number of carbonyl (C=O) groups excluding carboxylic acids is 2. The average molecular weight is 506 g/mol. The van der Waals surface area contributed by atoms with Crippen LogP contribution >= 0.6 is 0 Å². The number of fused-ring (bicyclic) bond motifs is 4. The first-order valence-electron chi connectivity index (χ1n) is 12.8. The molecule has 0 saturated carbocycles. The predicted octanol–water partition coefficient (Wildman–Crippen LogP) is 5.75. The van der Waals surface area contributed by atoms with E-state index in [1.165, 1.54) is 0 Å². The highest BCUT2D eigenvalue weighted by Crippen LogP contribution is 2.45. The Kier molecular flexibility index (Phi) is 5.03. The summed E-state index contributed by atoms with van der Waals surface area (Å²) in [5.41, 5.74) is 5.81. The molecule has 2 heterocycles. The van der Waals surface area contributed by atoms with E-state index in [0.717, 1.165) is 44.4 Å². The third-order valence-corrected chi connectivity index (χ3v) is 7.56. The molecule has 39 heavy (non-hydrogen) atoms. The summed E-state index contributed by atoms with van der Waals surface area (Å²) in [5.74, 6) is 1.66. The third-order valence-electron chi connectivity index (χ3n) is 7.56. The zero-order valence-corrected chi connectivity index (χ0v) is 21.8. The van der Waals surface area contributed by atoms with Crippen LogP contribution in [0.15, 0.2) is 102 Å². The number of benzene rings is 4. The molecule has 0 atom stereocenters. The Bertz CT molecular complexity index is 1880. The maximum atomic E-state index is 13.4. The Morgan fingerprint density at radius 3 is 1.82 bits per heavy atom. The van der Waals surface area contributed by atoms with Crippen molar-refractivity contribution in [3.05, 3.63) is 125 Å². The van der Waals surface area contributed by atoms with E-state index in [0.29, 0.717) is 22.8 Å². The molecule has 1 aromatic heterocycles. The molecule has 6 nitrogen and oxygen atoms in total. The van der Waals surface area contributed by atoms with Crippen LogP contribution in [0.25, 0.3) is 21.8 Å². The summed E-state index contributed by atoms with van der Waals surface area (Å²) < 4.78 is 0. The van der Waals surface area contributed by atoms with Crippen molar-refractivity contribution in [2.24, 2.45) is 0 Å². The van der Waals surface area contributed by atoms with Crippen LogP contribution < -0.4 is 9.71 Å². The first kappa shape index (κ1) is 23.1. The summed E-state index contributed by atoms with van der Waals surface area (Å²) in [6.45, 7) is 4.13. The molecule has 186 valence electrons. The second-order valence-corrected chi connectivity index (χ2v) is 10.0. The first-order chi connectivity index (χ1) is 18.9. The highest BCUT2D eigenvalue weighted by molar-refractivity contribution is 6.40. The van der Waals surface area contributed by atoms with Gasteiger partial charge in [-0.3, -0.25) is 14.5 Å². The molecule has 0 bridgehead atoms. The standard InChI is InChI=1S/C32H23BN4O2/c1-18-8-7-9-19(2)28(18)36-27(37(33)32-31(36)34-25-12-5-6-13-26(25)35-32)15-14-22-29(38)23-16-20-10-3-4-11-21(20)17-24(23)30(22)39/h3-17H,33H2,1-2H3/b27-15-. The molecule has 4 aromatic carbocycles. The number of anilines is 3. The van der Waals surface area contributed by atoms with Gasteiger partial charge in [-0.05, 0) is 72.2 Å². The van der Waals surface area contributed by atoms with Gasteiger partial charge in [-0.1, -0.05) is 54.6 Å². The summed E-state index contributed by atoms with van der Waals surface area (Å²) in [6.07, 6.45) is 3.48. The van der Waals surface area contributed by atoms with E-state index in [1.54, 1.807) is 6.08 Å². The van der Waals surface area contributed by atoms with E-state index in [4.69, 9.17) is 9.97 Å². The van der Waals surface area contributed by atoms with Gasteiger partial charge in [0.25, 0.3) is 0 Å². The lowest BCUT2D eigenvalue weighted by molar-refractivity contribution is 0.0989. The summed E-state index contributed by atoms with van der Waals surface area (Å²) in [5, 5.41) is 1.88. The average Bonchev–Trinajstić information content (AvgIpc) is 3.33. The van der Waals surface area contributed by atoms with Gasteiger partial charge in [-0.25, -0.2) is 9.97 Å². The number of hydrogen-bond acceptors (Lipinski definition) is 6. The van der Waals surface area contributed by atoms with Crippen LogP contribution in [0.4, 0.5) is 17.3 Å². The molecule has 0 radical (unpaired) electrons. The van der Waals surface area contributed by atoms with E-state index < -0.39 is 0 Å². The van der Waals surface area contributed by atoms with Crippen LogP contribution in [0.2, 0.25) is 0 Å². The van der Waals surface area contributed by atoms with Crippen LogP contribution in [0, 0.1) is 13.8 Å². The number of aromatic nitrogens is 2. The number of hydrogen-bond donors (Lipinski definition) is 0. The van der Waals surface area contributed by atoms with E-state index in [-0.39, 0.29) is 17.1 Å². The van der Waals surface area contributed by atoms with Crippen molar-refractivity contribution >= 4 is 58.7 Å². The van der Waals surface area contributed by atoms with Gasteiger partial charge in [0.05, 0.1) is 22.3 Å². The quantitative estimate of drug-likeness (QED) is 0.173. The van der Waals surface area contributed by atoms with Gasteiger partial charge in [0, 0.05) is 11.1 Å². The fourth-order valence-corrected chi connectivity index (χ4v) is 5.61. The molecule has 7 rings (SSSR count). The fourth-order valence-electron chi connectivity index (χ4n) is 5.61. The molecular weight excluding hydrogens is 483 g/mol. The van der Waals surface area contributed by atoms with E-state index in [2.05, 4.69) is 30.9 Å². The topological polar surface area (TPSA) is 66.4 Å². The van der Waals surface area contributed by atoms with Crippen molar-refractivity contribution in [1.29, 1.82) is 0 Å². The summed E-state index contributed by atoms with van der Waals surface area (Å²) in [6, 6.07) is 25.4. The molecule has 0 N–H and O–H groups in total. The molecule has 1 aliphatic carbocycles. The lowest BCUT2D eigenvalue weighted by Gasteiger charge is -2.25. The van der Waals surface area contributed by atoms with Gasteiger partial charge in [-0.2, -0.15) is 0 Å². The minimum absolute atomic E-state index is 0.157. The summed E-state index contributed by atoms with van der Waals surface area (Å²) >= 11 is 0. The minimum Gasteiger partial charge on any atom is -0.362 e. The van der Waals surface area contributed by atoms with Crippen LogP contribution in [0.1, 0.15) is 31.8 Å². The predicted molar refractivity (Wildman–Crippen MR) is 157 cm³/mol. The number of rotatable bonds is 2. The smallest absolute Gasteiger partial charge is 0.227 e. The van der Waals surface area contributed by atoms with Crippen LogP contribution in [-0.4, -0.2) is 29.5 Å². The Balaban J connectivity index is 1.40. The first-order valence-corrected chi connectivity index (χ1v) is 12.8. The SMILES string of the molecule is BN1/C(=C\C=C2C(=O)c3cc4ccccc4cc3C2=O)N(c2c(C)cccc2C)c2nc3ccccc3nc21. The van der Waals surface area contributed by atoms with E-state index in [9.17, 15) is 9.59 Å². The van der Waals surface area contributed by atoms with Gasteiger partial charge in [-0.15, -0.1) is 0 Å². The second-order valence-electron chi connectivity index (χ2n) is 10.0. The lowest BCUT2D eigenvalue weighted by Crippen LogP contribution is -2.24. The second kappa shape index (κ2) is 8.50. The van der Waals surface area contributed by atoms with Crippen LogP contribution in [0.3, 0.4) is 0 Å².